The molecule has 0 saturated heterocycles. The molecular weight excluding hydrogens is 564 g/mol. The Labute approximate surface area is 275 Å². The van der Waals surface area contributed by atoms with Crippen molar-refractivity contribution >= 4 is 11.4 Å². The first kappa shape index (κ1) is 33.7. The topological polar surface area (TPSA) is 42.5 Å². The molecule has 0 aliphatic carbocycles. The van der Waals surface area contributed by atoms with Crippen molar-refractivity contribution in [1.29, 1.82) is 0 Å². The molecule has 0 heterocycles. The van der Waals surface area contributed by atoms with Crippen LogP contribution in [-0.2, 0) is 22.3 Å². The second kappa shape index (κ2) is 17.3. The van der Waals surface area contributed by atoms with Crippen LogP contribution in [0.4, 0.5) is 11.4 Å². The highest BCUT2D eigenvalue weighted by atomic mass is 16.5. The first-order chi connectivity index (χ1) is 22.3. The summed E-state index contributed by atoms with van der Waals surface area (Å²) in [4.78, 5) is 0. The van der Waals surface area contributed by atoms with Crippen LogP contribution in [0.3, 0.4) is 0 Å². The van der Waals surface area contributed by atoms with E-state index >= 15 is 0 Å². The standard InChI is InChI=1S/C42H46N2O2/c1-7-9-41(31(3)4)45-29-43-39-23-15-35(16-24-39)27-33-11-19-37(20-12-33)38-21-13-34(14-22-38)28-36-17-25-40(26-18-36)44-30-46-42(10-8-2)32(5)6/h7-26,43-44H,1,3,27-30H2,2,4-6H3/b10-8-,41-9+. The summed E-state index contributed by atoms with van der Waals surface area (Å²) in [7, 11) is 0. The Morgan fingerprint density at radius 1 is 0.630 bits per heavy atom. The van der Waals surface area contributed by atoms with E-state index in [1.54, 1.807) is 6.08 Å². The van der Waals surface area contributed by atoms with Crippen molar-refractivity contribution < 1.29 is 9.47 Å². The average Bonchev–Trinajstić information content (AvgIpc) is 3.06. The molecule has 0 bridgehead atoms. The van der Waals surface area contributed by atoms with E-state index in [-0.39, 0.29) is 0 Å². The first-order valence-electron chi connectivity index (χ1n) is 15.7. The molecule has 0 atom stereocenters. The van der Waals surface area contributed by atoms with Crippen molar-refractivity contribution in [3.05, 3.63) is 179 Å². The fourth-order valence-corrected chi connectivity index (χ4v) is 4.91. The van der Waals surface area contributed by atoms with Gasteiger partial charge in [-0.1, -0.05) is 98.1 Å². The molecule has 4 nitrogen and oxygen atoms in total. The Morgan fingerprint density at radius 3 is 1.41 bits per heavy atom. The second-order valence-corrected chi connectivity index (χ2v) is 11.5. The maximum Gasteiger partial charge on any atom is 0.159 e. The normalized spacial score (nSPS) is 11.2. The number of allylic oxidation sites excluding steroid dienone is 6. The van der Waals surface area contributed by atoms with Crippen molar-refractivity contribution in [2.75, 3.05) is 24.1 Å². The van der Waals surface area contributed by atoms with Gasteiger partial charge in [0.1, 0.15) is 11.5 Å². The summed E-state index contributed by atoms with van der Waals surface area (Å²) in [5.74, 6) is 1.63. The lowest BCUT2D eigenvalue weighted by Gasteiger charge is -2.12. The minimum atomic E-state index is 0.366. The molecular formula is C42H46N2O2. The highest BCUT2D eigenvalue weighted by molar-refractivity contribution is 5.64. The summed E-state index contributed by atoms with van der Waals surface area (Å²) < 4.78 is 11.6. The van der Waals surface area contributed by atoms with Gasteiger partial charge in [-0.15, -0.1) is 0 Å². The molecule has 4 rings (SSSR count). The van der Waals surface area contributed by atoms with Gasteiger partial charge in [-0.3, -0.25) is 0 Å². The SMILES string of the molecule is C=C/C=C(/OCNc1ccc(Cc2ccc(-c3ccc(Cc4ccc(NCOC(/C=C\C)=C(C)C)cc4)cc3)cc2)cc1)C(=C)C. The van der Waals surface area contributed by atoms with E-state index in [1.807, 2.05) is 32.1 Å². The second-order valence-electron chi connectivity index (χ2n) is 11.5. The zero-order valence-corrected chi connectivity index (χ0v) is 27.6. The number of nitrogens with one attached hydrogen (secondary N) is 2. The minimum absolute atomic E-state index is 0.366. The summed E-state index contributed by atoms with van der Waals surface area (Å²) in [5, 5.41) is 6.63. The van der Waals surface area contributed by atoms with Crippen LogP contribution < -0.4 is 10.6 Å². The quantitative estimate of drug-likeness (QED) is 0.0752. The smallest absolute Gasteiger partial charge is 0.159 e. The molecule has 4 heteroatoms. The Hall–Kier alpha value is -5.22. The van der Waals surface area contributed by atoms with Gasteiger partial charge in [0.15, 0.2) is 13.5 Å². The van der Waals surface area contributed by atoms with Crippen molar-refractivity contribution in [2.45, 2.75) is 40.5 Å². The summed E-state index contributed by atoms with van der Waals surface area (Å²) in [6, 6.07) is 34.8. The largest absolute Gasteiger partial charge is 0.473 e. The monoisotopic (exact) mass is 610 g/mol. The summed E-state index contributed by atoms with van der Waals surface area (Å²) in [6.45, 7) is 16.5. The number of benzene rings is 4. The third-order valence-corrected chi connectivity index (χ3v) is 7.47. The van der Waals surface area contributed by atoms with E-state index in [9.17, 15) is 0 Å². The Morgan fingerprint density at radius 2 is 1.04 bits per heavy atom. The molecule has 0 unspecified atom stereocenters. The van der Waals surface area contributed by atoms with Crippen LogP contribution in [0.15, 0.2) is 157 Å². The van der Waals surface area contributed by atoms with E-state index < -0.39 is 0 Å². The van der Waals surface area contributed by atoms with Gasteiger partial charge in [0.05, 0.1) is 0 Å². The number of ether oxygens (including phenoxy) is 2. The van der Waals surface area contributed by atoms with Gasteiger partial charge in [0.25, 0.3) is 0 Å². The van der Waals surface area contributed by atoms with Gasteiger partial charge >= 0.3 is 0 Å². The molecule has 0 amide bonds. The number of hydrogen-bond donors (Lipinski definition) is 2. The van der Waals surface area contributed by atoms with Crippen LogP contribution in [0, 0.1) is 0 Å². The molecule has 236 valence electrons. The maximum atomic E-state index is 5.86. The van der Waals surface area contributed by atoms with Gasteiger partial charge < -0.3 is 20.1 Å². The molecule has 46 heavy (non-hydrogen) atoms. The van der Waals surface area contributed by atoms with Gasteiger partial charge in [0.2, 0.25) is 0 Å². The van der Waals surface area contributed by atoms with Gasteiger partial charge in [-0.05, 0) is 121 Å². The van der Waals surface area contributed by atoms with Gasteiger partial charge in [-0.2, -0.15) is 0 Å². The minimum Gasteiger partial charge on any atom is -0.473 e. The average molecular weight is 611 g/mol. The van der Waals surface area contributed by atoms with E-state index in [2.05, 4.69) is 135 Å². The van der Waals surface area contributed by atoms with Crippen LogP contribution in [0.2, 0.25) is 0 Å². The lowest BCUT2D eigenvalue weighted by molar-refractivity contribution is 0.243. The predicted octanol–water partition coefficient (Wildman–Crippen LogP) is 10.8. The molecule has 0 aliphatic heterocycles. The molecule has 0 fully saturated rings. The third-order valence-electron chi connectivity index (χ3n) is 7.47. The van der Waals surface area contributed by atoms with E-state index in [0.717, 1.165) is 46.9 Å². The van der Waals surface area contributed by atoms with E-state index in [0.29, 0.717) is 13.5 Å². The molecule has 0 aromatic heterocycles. The lowest BCUT2D eigenvalue weighted by atomic mass is 9.98. The predicted molar refractivity (Wildman–Crippen MR) is 196 cm³/mol. The summed E-state index contributed by atoms with van der Waals surface area (Å²) in [5.41, 5.74) is 11.6. The fourth-order valence-electron chi connectivity index (χ4n) is 4.91. The zero-order valence-electron chi connectivity index (χ0n) is 27.6. The van der Waals surface area contributed by atoms with Gasteiger partial charge in [-0.25, -0.2) is 0 Å². The molecule has 0 aliphatic rings. The Kier molecular flexibility index (Phi) is 12.7. The number of anilines is 2. The molecule has 0 radical (unpaired) electrons. The fraction of sp³-hybridized carbons (Fsp3) is 0.190. The molecule has 4 aromatic rings. The molecule has 0 spiro atoms. The van der Waals surface area contributed by atoms with E-state index in [1.165, 1.54) is 33.4 Å². The van der Waals surface area contributed by atoms with Gasteiger partial charge in [0, 0.05) is 11.4 Å². The lowest BCUT2D eigenvalue weighted by Crippen LogP contribution is -2.06. The molecule has 0 saturated carbocycles. The zero-order chi connectivity index (χ0) is 32.7. The number of rotatable bonds is 16. The maximum absolute atomic E-state index is 5.86. The summed E-state index contributed by atoms with van der Waals surface area (Å²) >= 11 is 0. The summed E-state index contributed by atoms with van der Waals surface area (Å²) in [6.07, 6.45) is 9.27. The van der Waals surface area contributed by atoms with Crippen LogP contribution in [-0.4, -0.2) is 13.5 Å². The van der Waals surface area contributed by atoms with Crippen LogP contribution in [0.1, 0.15) is 49.9 Å². The van der Waals surface area contributed by atoms with Crippen molar-refractivity contribution in [1.82, 2.24) is 0 Å². The third kappa shape index (κ3) is 10.4. The van der Waals surface area contributed by atoms with Crippen LogP contribution in [0.25, 0.3) is 11.1 Å². The Balaban J connectivity index is 1.25. The van der Waals surface area contributed by atoms with Crippen molar-refractivity contribution in [3.63, 3.8) is 0 Å². The van der Waals surface area contributed by atoms with Crippen molar-refractivity contribution in [3.8, 4) is 11.1 Å². The first-order valence-corrected chi connectivity index (χ1v) is 15.7. The highest BCUT2D eigenvalue weighted by Crippen LogP contribution is 2.23. The highest BCUT2D eigenvalue weighted by Gasteiger charge is 2.04. The number of hydrogen-bond acceptors (Lipinski definition) is 4. The van der Waals surface area contributed by atoms with Crippen LogP contribution >= 0.6 is 0 Å². The van der Waals surface area contributed by atoms with Crippen LogP contribution in [0.5, 0.6) is 0 Å². The Bertz CT molecular complexity index is 1650. The molecule has 4 aromatic carbocycles. The molecule has 2 N–H and O–H groups in total. The van der Waals surface area contributed by atoms with Crippen molar-refractivity contribution in [2.24, 2.45) is 0 Å². The van der Waals surface area contributed by atoms with E-state index in [4.69, 9.17) is 9.47 Å².